The first-order chi connectivity index (χ1) is 9.62. The van der Waals surface area contributed by atoms with Crippen molar-refractivity contribution in [3.8, 4) is 11.5 Å². The van der Waals surface area contributed by atoms with Gasteiger partial charge in [0.05, 0.1) is 25.9 Å². The van der Waals surface area contributed by atoms with Crippen LogP contribution in [0.1, 0.15) is 38.3 Å². The summed E-state index contributed by atoms with van der Waals surface area (Å²) in [6.07, 6.45) is 1.66. The molecule has 20 heavy (non-hydrogen) atoms. The summed E-state index contributed by atoms with van der Waals surface area (Å²) in [5.41, 5.74) is 3.41. The van der Waals surface area contributed by atoms with Crippen molar-refractivity contribution >= 4 is 0 Å². The summed E-state index contributed by atoms with van der Waals surface area (Å²) in [4.78, 5) is 0. The molecule has 0 spiro atoms. The van der Waals surface area contributed by atoms with Gasteiger partial charge in [-0.3, -0.25) is 5.84 Å². The molecule has 0 heterocycles. The third kappa shape index (κ3) is 3.06. The number of methoxy groups -OCH3 is 3. The maximum Gasteiger partial charge on any atom is 0.124 e. The summed E-state index contributed by atoms with van der Waals surface area (Å²) in [7, 11) is 4.99. The number of hydrogen-bond donors (Lipinski definition) is 2. The Hall–Kier alpha value is -1.30. The van der Waals surface area contributed by atoms with E-state index in [1.807, 2.05) is 18.2 Å². The molecule has 0 amide bonds. The first-order valence-electron chi connectivity index (χ1n) is 6.85. The average Bonchev–Trinajstić information content (AvgIpc) is 2.52. The maximum absolute atomic E-state index is 5.81. The second-order valence-corrected chi connectivity index (χ2v) is 4.68. The zero-order chi connectivity index (χ0) is 15.2. The van der Waals surface area contributed by atoms with Crippen molar-refractivity contribution in [3.63, 3.8) is 0 Å². The Morgan fingerprint density at radius 3 is 2.20 bits per heavy atom. The molecule has 0 fully saturated rings. The van der Waals surface area contributed by atoms with Crippen molar-refractivity contribution in [2.75, 3.05) is 21.3 Å². The second-order valence-electron chi connectivity index (χ2n) is 4.68. The minimum atomic E-state index is -0.394. The fraction of sp³-hybridized carbons (Fsp3) is 0.600. The minimum Gasteiger partial charge on any atom is -0.497 e. The Kier molecular flexibility index (Phi) is 6.26. The van der Waals surface area contributed by atoms with Crippen molar-refractivity contribution < 1.29 is 14.2 Å². The average molecular weight is 282 g/mol. The molecule has 3 N–H and O–H groups in total. The van der Waals surface area contributed by atoms with Gasteiger partial charge >= 0.3 is 0 Å². The lowest BCUT2D eigenvalue weighted by Crippen LogP contribution is -2.47. The molecule has 0 aliphatic carbocycles. The normalized spacial score (nSPS) is 13.1. The molecule has 1 rings (SSSR count). The number of benzene rings is 1. The number of nitrogens with one attached hydrogen (secondary N) is 1. The standard InChI is InChI=1S/C15H26N2O3/c1-6-15(7-2,20-5)14(17-16)12-10-11(18-3)8-9-13(12)19-4/h8-10,14,17H,6-7,16H2,1-5H3. The number of ether oxygens (including phenoxy) is 3. The Labute approximate surface area is 121 Å². The Bertz CT molecular complexity index is 411. The minimum absolute atomic E-state index is 0.187. The number of hydrazine groups is 1. The molecule has 1 unspecified atom stereocenters. The summed E-state index contributed by atoms with van der Waals surface area (Å²) >= 11 is 0. The topological polar surface area (TPSA) is 65.7 Å². The van der Waals surface area contributed by atoms with Gasteiger partial charge in [0.2, 0.25) is 0 Å². The van der Waals surface area contributed by atoms with Gasteiger partial charge in [-0.2, -0.15) is 0 Å². The van der Waals surface area contributed by atoms with Gasteiger partial charge in [0.25, 0.3) is 0 Å². The van der Waals surface area contributed by atoms with Gasteiger partial charge in [-0.05, 0) is 31.0 Å². The number of rotatable bonds is 8. The van der Waals surface area contributed by atoms with E-state index in [2.05, 4.69) is 19.3 Å². The SMILES string of the molecule is CCC(CC)(OC)C(NN)c1cc(OC)ccc1OC. The van der Waals surface area contributed by atoms with Crippen LogP contribution in [0, 0.1) is 0 Å². The quantitative estimate of drug-likeness (QED) is 0.566. The molecule has 0 saturated heterocycles. The van der Waals surface area contributed by atoms with Crippen LogP contribution in [0.4, 0.5) is 0 Å². The van der Waals surface area contributed by atoms with Crippen molar-refractivity contribution in [2.24, 2.45) is 5.84 Å². The lowest BCUT2D eigenvalue weighted by atomic mass is 9.83. The zero-order valence-corrected chi connectivity index (χ0v) is 13.0. The van der Waals surface area contributed by atoms with E-state index >= 15 is 0 Å². The zero-order valence-electron chi connectivity index (χ0n) is 13.0. The van der Waals surface area contributed by atoms with Gasteiger partial charge in [0.15, 0.2) is 0 Å². The largest absolute Gasteiger partial charge is 0.497 e. The molecule has 0 saturated carbocycles. The third-order valence-corrected chi connectivity index (χ3v) is 4.04. The fourth-order valence-corrected chi connectivity index (χ4v) is 2.65. The van der Waals surface area contributed by atoms with Gasteiger partial charge < -0.3 is 14.2 Å². The highest BCUT2D eigenvalue weighted by Gasteiger charge is 2.38. The lowest BCUT2D eigenvalue weighted by Gasteiger charge is -2.38. The van der Waals surface area contributed by atoms with Gasteiger partial charge in [-0.1, -0.05) is 13.8 Å². The summed E-state index contributed by atoms with van der Waals surface area (Å²) in [6, 6.07) is 5.49. The number of nitrogens with two attached hydrogens (primary N) is 1. The Balaban J connectivity index is 3.35. The van der Waals surface area contributed by atoms with Crippen LogP contribution in [0.3, 0.4) is 0 Å². The molecule has 0 aliphatic rings. The van der Waals surface area contributed by atoms with Crippen LogP contribution in [0.2, 0.25) is 0 Å². The van der Waals surface area contributed by atoms with Gasteiger partial charge in [-0.15, -0.1) is 0 Å². The molecule has 0 radical (unpaired) electrons. The Morgan fingerprint density at radius 2 is 1.80 bits per heavy atom. The molecule has 5 heteroatoms. The third-order valence-electron chi connectivity index (χ3n) is 4.04. The van der Waals surface area contributed by atoms with E-state index in [4.69, 9.17) is 20.1 Å². The molecule has 1 aromatic rings. The first-order valence-corrected chi connectivity index (χ1v) is 6.85. The highest BCUT2D eigenvalue weighted by molar-refractivity contribution is 5.43. The van der Waals surface area contributed by atoms with Gasteiger partial charge in [0.1, 0.15) is 11.5 Å². The van der Waals surface area contributed by atoms with Crippen molar-refractivity contribution in [2.45, 2.75) is 38.3 Å². The summed E-state index contributed by atoms with van der Waals surface area (Å²) in [5.74, 6) is 7.33. The molecule has 1 aromatic carbocycles. The van der Waals surface area contributed by atoms with Gasteiger partial charge in [0, 0.05) is 12.7 Å². The van der Waals surface area contributed by atoms with E-state index in [0.717, 1.165) is 29.9 Å². The van der Waals surface area contributed by atoms with Crippen LogP contribution in [0.15, 0.2) is 18.2 Å². The van der Waals surface area contributed by atoms with E-state index < -0.39 is 5.60 Å². The number of hydrogen-bond acceptors (Lipinski definition) is 5. The molecule has 114 valence electrons. The summed E-state index contributed by atoms with van der Waals surface area (Å²) < 4.78 is 16.5. The van der Waals surface area contributed by atoms with E-state index in [-0.39, 0.29) is 6.04 Å². The van der Waals surface area contributed by atoms with E-state index in [1.165, 1.54) is 0 Å². The first kappa shape index (κ1) is 16.8. The van der Waals surface area contributed by atoms with E-state index in [9.17, 15) is 0 Å². The predicted molar refractivity (Wildman–Crippen MR) is 79.9 cm³/mol. The van der Waals surface area contributed by atoms with Crippen LogP contribution < -0.4 is 20.7 Å². The molecule has 0 aromatic heterocycles. The highest BCUT2D eigenvalue weighted by atomic mass is 16.5. The molecular formula is C15H26N2O3. The molecule has 0 bridgehead atoms. The van der Waals surface area contributed by atoms with Crippen LogP contribution in [-0.4, -0.2) is 26.9 Å². The van der Waals surface area contributed by atoms with Gasteiger partial charge in [-0.25, -0.2) is 5.43 Å². The molecule has 1 atom stereocenters. The van der Waals surface area contributed by atoms with Crippen molar-refractivity contribution in [1.82, 2.24) is 5.43 Å². The maximum atomic E-state index is 5.81. The van der Waals surface area contributed by atoms with Crippen LogP contribution >= 0.6 is 0 Å². The van der Waals surface area contributed by atoms with Crippen LogP contribution in [0.5, 0.6) is 11.5 Å². The molecule has 0 aliphatic heterocycles. The highest BCUT2D eigenvalue weighted by Crippen LogP contribution is 2.39. The summed E-state index contributed by atoms with van der Waals surface area (Å²) in [6.45, 7) is 4.17. The summed E-state index contributed by atoms with van der Waals surface area (Å²) in [5, 5.41) is 0. The Morgan fingerprint density at radius 1 is 1.15 bits per heavy atom. The monoisotopic (exact) mass is 282 g/mol. The molecule has 5 nitrogen and oxygen atoms in total. The van der Waals surface area contributed by atoms with Crippen molar-refractivity contribution in [1.29, 1.82) is 0 Å². The van der Waals surface area contributed by atoms with Crippen LogP contribution in [-0.2, 0) is 4.74 Å². The van der Waals surface area contributed by atoms with Crippen LogP contribution in [0.25, 0.3) is 0 Å². The second kappa shape index (κ2) is 7.47. The van der Waals surface area contributed by atoms with Crippen molar-refractivity contribution in [3.05, 3.63) is 23.8 Å². The lowest BCUT2D eigenvalue weighted by molar-refractivity contribution is -0.0491. The smallest absolute Gasteiger partial charge is 0.124 e. The predicted octanol–water partition coefficient (Wildman–Crippen LogP) is 2.41. The van der Waals surface area contributed by atoms with E-state index in [0.29, 0.717) is 0 Å². The molecular weight excluding hydrogens is 256 g/mol. The van der Waals surface area contributed by atoms with E-state index in [1.54, 1.807) is 21.3 Å². The fourth-order valence-electron chi connectivity index (χ4n) is 2.65.